The van der Waals surface area contributed by atoms with Gasteiger partial charge in [0.1, 0.15) is 5.75 Å². The predicted molar refractivity (Wildman–Crippen MR) is 67.0 cm³/mol. The van der Waals surface area contributed by atoms with Crippen molar-refractivity contribution in [1.29, 1.82) is 0 Å². The van der Waals surface area contributed by atoms with Crippen LogP contribution in [0.4, 0.5) is 0 Å². The molecule has 0 amide bonds. The van der Waals surface area contributed by atoms with Gasteiger partial charge in [-0.3, -0.25) is 0 Å². The molecule has 1 saturated carbocycles. The van der Waals surface area contributed by atoms with Crippen LogP contribution in [0, 0.1) is 9.49 Å². The second-order valence-corrected chi connectivity index (χ2v) is 5.25. The molecule has 14 heavy (non-hydrogen) atoms. The number of halogens is 2. The fourth-order valence-corrected chi connectivity index (χ4v) is 1.95. The molecular formula is C11H12ClIO. The maximum absolute atomic E-state index is 5.99. The molecule has 0 bridgehead atoms. The monoisotopic (exact) mass is 322 g/mol. The molecule has 1 fully saturated rings. The summed E-state index contributed by atoms with van der Waals surface area (Å²) < 4.78 is 6.73. The van der Waals surface area contributed by atoms with Crippen LogP contribution in [0.3, 0.4) is 0 Å². The van der Waals surface area contributed by atoms with E-state index in [1.54, 1.807) is 0 Å². The lowest BCUT2D eigenvalue weighted by atomic mass is 9.86. The molecule has 0 aromatic heterocycles. The zero-order valence-electron chi connectivity index (χ0n) is 7.80. The maximum Gasteiger partial charge on any atom is 0.120 e. The molecule has 76 valence electrons. The number of hydrogen-bond acceptors (Lipinski definition) is 1. The van der Waals surface area contributed by atoms with Gasteiger partial charge < -0.3 is 4.74 Å². The van der Waals surface area contributed by atoms with Crippen molar-refractivity contribution in [2.75, 3.05) is 6.61 Å². The van der Waals surface area contributed by atoms with Crippen molar-refractivity contribution in [3.63, 3.8) is 0 Å². The lowest BCUT2D eigenvalue weighted by Crippen LogP contribution is -2.19. The third-order valence-electron chi connectivity index (χ3n) is 2.60. The molecule has 1 aliphatic rings. The van der Waals surface area contributed by atoms with Crippen molar-refractivity contribution in [1.82, 2.24) is 0 Å². The Bertz CT molecular complexity index is 323. The fraction of sp³-hybridized carbons (Fsp3) is 0.455. The van der Waals surface area contributed by atoms with Gasteiger partial charge >= 0.3 is 0 Å². The second kappa shape index (κ2) is 4.71. The molecule has 1 aromatic rings. The average molecular weight is 323 g/mol. The van der Waals surface area contributed by atoms with E-state index in [-0.39, 0.29) is 0 Å². The molecule has 1 aromatic carbocycles. The first-order valence-corrected chi connectivity index (χ1v) is 6.29. The minimum absolute atomic E-state index is 0.771. The Hall–Kier alpha value is 0.0400. The summed E-state index contributed by atoms with van der Waals surface area (Å²) in [6, 6.07) is 5.85. The number of rotatable bonds is 3. The van der Waals surface area contributed by atoms with E-state index in [0.717, 1.165) is 26.9 Å². The van der Waals surface area contributed by atoms with Crippen LogP contribution in [0.25, 0.3) is 0 Å². The van der Waals surface area contributed by atoms with Crippen LogP contribution < -0.4 is 4.74 Å². The molecule has 0 N–H and O–H groups in total. The molecule has 0 radical (unpaired) electrons. The summed E-state index contributed by atoms with van der Waals surface area (Å²) in [7, 11) is 0. The highest BCUT2D eigenvalue weighted by Gasteiger charge is 2.17. The zero-order chi connectivity index (χ0) is 9.97. The Morgan fingerprint density at radius 1 is 1.43 bits per heavy atom. The smallest absolute Gasteiger partial charge is 0.120 e. The fourth-order valence-electron chi connectivity index (χ4n) is 1.44. The van der Waals surface area contributed by atoms with E-state index in [1.807, 2.05) is 18.2 Å². The summed E-state index contributed by atoms with van der Waals surface area (Å²) in [5.74, 6) is 1.66. The van der Waals surface area contributed by atoms with Gasteiger partial charge in [-0.05, 0) is 59.5 Å². The van der Waals surface area contributed by atoms with E-state index in [9.17, 15) is 0 Å². The van der Waals surface area contributed by atoms with Crippen LogP contribution in [0.2, 0.25) is 5.02 Å². The predicted octanol–water partition coefficient (Wildman–Crippen LogP) is 4.12. The van der Waals surface area contributed by atoms with E-state index in [1.165, 1.54) is 19.3 Å². The normalized spacial score (nSPS) is 16.4. The summed E-state index contributed by atoms with van der Waals surface area (Å²) in [4.78, 5) is 0. The molecule has 0 aliphatic heterocycles. The largest absolute Gasteiger partial charge is 0.493 e. The van der Waals surface area contributed by atoms with Crippen molar-refractivity contribution in [2.45, 2.75) is 19.3 Å². The summed E-state index contributed by atoms with van der Waals surface area (Å²) >= 11 is 8.20. The van der Waals surface area contributed by atoms with Crippen LogP contribution in [0.1, 0.15) is 19.3 Å². The number of benzene rings is 1. The Morgan fingerprint density at radius 2 is 2.21 bits per heavy atom. The van der Waals surface area contributed by atoms with Gasteiger partial charge in [0.15, 0.2) is 0 Å². The van der Waals surface area contributed by atoms with Gasteiger partial charge in [0, 0.05) is 3.57 Å². The number of ether oxygens (including phenoxy) is 1. The molecule has 1 aliphatic carbocycles. The molecule has 2 rings (SSSR count). The summed E-state index contributed by atoms with van der Waals surface area (Å²) in [5.41, 5.74) is 0. The van der Waals surface area contributed by atoms with E-state index < -0.39 is 0 Å². The van der Waals surface area contributed by atoms with Gasteiger partial charge in [0.2, 0.25) is 0 Å². The van der Waals surface area contributed by atoms with Gasteiger partial charge in [-0.15, -0.1) is 0 Å². The van der Waals surface area contributed by atoms with E-state index >= 15 is 0 Å². The van der Waals surface area contributed by atoms with Gasteiger partial charge in [0.25, 0.3) is 0 Å². The SMILES string of the molecule is Clc1cc(OCC2CCC2)ccc1I. The quantitative estimate of drug-likeness (QED) is 0.761. The van der Waals surface area contributed by atoms with Crippen LogP contribution in [0.5, 0.6) is 5.75 Å². The molecule has 0 saturated heterocycles. The van der Waals surface area contributed by atoms with Crippen molar-refractivity contribution in [3.05, 3.63) is 26.8 Å². The van der Waals surface area contributed by atoms with Crippen molar-refractivity contribution < 1.29 is 4.74 Å². The van der Waals surface area contributed by atoms with Crippen LogP contribution in [0.15, 0.2) is 18.2 Å². The maximum atomic E-state index is 5.99. The highest BCUT2D eigenvalue weighted by atomic mass is 127. The first kappa shape index (κ1) is 10.6. The molecule has 0 heterocycles. The minimum Gasteiger partial charge on any atom is -0.493 e. The molecule has 1 nitrogen and oxygen atoms in total. The average Bonchev–Trinajstić information content (AvgIpc) is 2.08. The lowest BCUT2D eigenvalue weighted by molar-refractivity contribution is 0.180. The van der Waals surface area contributed by atoms with Crippen LogP contribution >= 0.6 is 34.2 Å². The van der Waals surface area contributed by atoms with Crippen LogP contribution in [-0.2, 0) is 0 Å². The van der Waals surface area contributed by atoms with Crippen molar-refractivity contribution in [2.24, 2.45) is 5.92 Å². The standard InChI is InChI=1S/C11H12ClIO/c12-10-6-9(4-5-11(10)13)14-7-8-2-1-3-8/h4-6,8H,1-3,7H2. The Balaban J connectivity index is 1.91. The van der Waals surface area contributed by atoms with Gasteiger partial charge in [0.05, 0.1) is 11.6 Å². The summed E-state index contributed by atoms with van der Waals surface area (Å²) in [6.45, 7) is 0.844. The van der Waals surface area contributed by atoms with Gasteiger partial charge in [-0.25, -0.2) is 0 Å². The van der Waals surface area contributed by atoms with Crippen molar-refractivity contribution in [3.8, 4) is 5.75 Å². The topological polar surface area (TPSA) is 9.23 Å². The molecule has 3 heteroatoms. The first-order valence-electron chi connectivity index (χ1n) is 4.83. The van der Waals surface area contributed by atoms with E-state index in [0.29, 0.717) is 0 Å². The second-order valence-electron chi connectivity index (χ2n) is 3.68. The highest BCUT2D eigenvalue weighted by Crippen LogP contribution is 2.28. The Labute approximate surface area is 103 Å². The number of hydrogen-bond donors (Lipinski definition) is 0. The van der Waals surface area contributed by atoms with Gasteiger partial charge in [-0.2, -0.15) is 0 Å². The summed E-state index contributed by atoms with van der Waals surface area (Å²) in [6.07, 6.45) is 4.00. The third-order valence-corrected chi connectivity index (χ3v) is 4.17. The molecular weight excluding hydrogens is 310 g/mol. The molecule has 0 unspecified atom stereocenters. The minimum atomic E-state index is 0.771. The third kappa shape index (κ3) is 2.54. The van der Waals surface area contributed by atoms with Crippen LogP contribution in [-0.4, -0.2) is 6.61 Å². The lowest BCUT2D eigenvalue weighted by Gasteiger charge is -2.25. The molecule has 0 atom stereocenters. The molecule has 0 spiro atoms. The first-order chi connectivity index (χ1) is 6.75. The van der Waals surface area contributed by atoms with Gasteiger partial charge in [-0.1, -0.05) is 18.0 Å². The Morgan fingerprint density at radius 3 is 2.79 bits per heavy atom. The summed E-state index contributed by atoms with van der Waals surface area (Å²) in [5, 5.41) is 0.775. The highest BCUT2D eigenvalue weighted by molar-refractivity contribution is 14.1. The van der Waals surface area contributed by atoms with Crippen molar-refractivity contribution >= 4 is 34.2 Å². The van der Waals surface area contributed by atoms with E-state index in [2.05, 4.69) is 22.6 Å². The zero-order valence-corrected chi connectivity index (χ0v) is 10.7. The van der Waals surface area contributed by atoms with E-state index in [4.69, 9.17) is 16.3 Å². The Kier molecular flexibility index (Phi) is 3.55.